The van der Waals surface area contributed by atoms with E-state index >= 15 is 0 Å². The van der Waals surface area contributed by atoms with Gasteiger partial charge in [0.25, 0.3) is 0 Å². The molecule has 1 aromatic heterocycles. The predicted molar refractivity (Wildman–Crippen MR) is 45.5 cm³/mol. The number of methoxy groups -OCH3 is 1. The van der Waals surface area contributed by atoms with Crippen molar-refractivity contribution in [2.45, 2.75) is 6.10 Å². The topological polar surface area (TPSA) is 79.7 Å². The number of aliphatic hydroxyl groups excluding tert-OH is 2. The SMILES string of the molecule is COC(=O)c1csc([C@H](O)CO)n1. The Morgan fingerprint density at radius 2 is 2.54 bits per heavy atom. The lowest BCUT2D eigenvalue weighted by Crippen LogP contribution is -2.05. The fraction of sp³-hybridized carbons (Fsp3) is 0.429. The summed E-state index contributed by atoms with van der Waals surface area (Å²) >= 11 is 1.10. The number of ether oxygens (including phenoxy) is 1. The van der Waals surface area contributed by atoms with Gasteiger partial charge in [-0.2, -0.15) is 0 Å². The summed E-state index contributed by atoms with van der Waals surface area (Å²) in [5.74, 6) is -0.548. The Morgan fingerprint density at radius 3 is 3.08 bits per heavy atom. The van der Waals surface area contributed by atoms with Crippen molar-refractivity contribution < 1.29 is 19.7 Å². The van der Waals surface area contributed by atoms with Crippen LogP contribution < -0.4 is 0 Å². The van der Waals surface area contributed by atoms with Crippen LogP contribution in [0.5, 0.6) is 0 Å². The summed E-state index contributed by atoms with van der Waals surface area (Å²) in [5.41, 5.74) is 0.148. The van der Waals surface area contributed by atoms with Crippen LogP contribution in [-0.2, 0) is 4.74 Å². The van der Waals surface area contributed by atoms with E-state index in [9.17, 15) is 4.79 Å². The minimum Gasteiger partial charge on any atom is -0.464 e. The molecule has 1 heterocycles. The lowest BCUT2D eigenvalue weighted by atomic mass is 10.4. The number of esters is 1. The molecule has 72 valence electrons. The monoisotopic (exact) mass is 203 g/mol. The lowest BCUT2D eigenvalue weighted by molar-refractivity contribution is 0.0592. The van der Waals surface area contributed by atoms with Gasteiger partial charge in [-0.1, -0.05) is 0 Å². The molecule has 0 amide bonds. The molecule has 1 aromatic rings. The second-order valence-electron chi connectivity index (χ2n) is 2.26. The van der Waals surface area contributed by atoms with Crippen molar-refractivity contribution in [2.24, 2.45) is 0 Å². The normalized spacial score (nSPS) is 12.5. The van der Waals surface area contributed by atoms with Crippen molar-refractivity contribution in [3.8, 4) is 0 Å². The zero-order chi connectivity index (χ0) is 9.84. The molecule has 0 bridgehead atoms. The molecule has 6 heteroatoms. The Hall–Kier alpha value is -0.980. The maximum atomic E-state index is 10.9. The van der Waals surface area contributed by atoms with Crippen LogP contribution in [-0.4, -0.2) is 34.9 Å². The molecule has 0 aliphatic heterocycles. The summed E-state index contributed by atoms with van der Waals surface area (Å²) in [6.45, 7) is -0.409. The minimum atomic E-state index is -1.02. The summed E-state index contributed by atoms with van der Waals surface area (Å²) in [5, 5.41) is 19.5. The van der Waals surface area contributed by atoms with Gasteiger partial charge in [0, 0.05) is 5.38 Å². The van der Waals surface area contributed by atoms with Crippen molar-refractivity contribution in [3.05, 3.63) is 16.1 Å². The van der Waals surface area contributed by atoms with Crippen LogP contribution in [0, 0.1) is 0 Å². The third-order valence-corrected chi connectivity index (χ3v) is 2.32. The smallest absolute Gasteiger partial charge is 0.357 e. The Bertz CT molecular complexity index is 298. The van der Waals surface area contributed by atoms with Crippen LogP contribution in [0.3, 0.4) is 0 Å². The second-order valence-corrected chi connectivity index (χ2v) is 3.15. The molecule has 0 aliphatic rings. The molecular formula is C7H9NO4S. The number of aromatic nitrogens is 1. The average Bonchev–Trinajstić information content (AvgIpc) is 2.64. The maximum Gasteiger partial charge on any atom is 0.357 e. The summed E-state index contributed by atoms with van der Waals surface area (Å²) in [7, 11) is 1.25. The van der Waals surface area contributed by atoms with Gasteiger partial charge in [-0.25, -0.2) is 9.78 Å². The first-order chi connectivity index (χ1) is 6.19. The van der Waals surface area contributed by atoms with Crippen LogP contribution in [0.4, 0.5) is 0 Å². The molecule has 0 saturated heterocycles. The van der Waals surface area contributed by atoms with E-state index in [2.05, 4.69) is 9.72 Å². The predicted octanol–water partition coefficient (Wildman–Crippen LogP) is -0.0446. The van der Waals surface area contributed by atoms with E-state index in [1.54, 1.807) is 0 Å². The first kappa shape index (κ1) is 10.1. The standard InChI is InChI=1S/C7H9NO4S/c1-12-7(11)4-3-13-6(8-4)5(10)2-9/h3,5,9-10H,2H2,1H3/t5-/m1/s1. The van der Waals surface area contributed by atoms with Crippen molar-refractivity contribution in [2.75, 3.05) is 13.7 Å². The Labute approximate surface area is 78.6 Å². The van der Waals surface area contributed by atoms with Crippen LogP contribution >= 0.6 is 11.3 Å². The number of hydrogen-bond acceptors (Lipinski definition) is 6. The molecule has 0 radical (unpaired) electrons. The zero-order valence-electron chi connectivity index (χ0n) is 6.93. The molecule has 0 aromatic carbocycles. The fourth-order valence-electron chi connectivity index (χ4n) is 0.717. The van der Waals surface area contributed by atoms with E-state index in [0.29, 0.717) is 5.01 Å². The van der Waals surface area contributed by atoms with Gasteiger partial charge in [0.15, 0.2) is 5.69 Å². The van der Waals surface area contributed by atoms with E-state index in [1.807, 2.05) is 0 Å². The van der Waals surface area contributed by atoms with Gasteiger partial charge in [0.1, 0.15) is 11.1 Å². The number of rotatable bonds is 3. The molecule has 5 nitrogen and oxygen atoms in total. The van der Waals surface area contributed by atoms with E-state index in [4.69, 9.17) is 10.2 Å². The Kier molecular flexibility index (Phi) is 3.35. The van der Waals surface area contributed by atoms with E-state index in [-0.39, 0.29) is 5.69 Å². The van der Waals surface area contributed by atoms with Crippen LogP contribution in [0.25, 0.3) is 0 Å². The van der Waals surface area contributed by atoms with Crippen LogP contribution in [0.2, 0.25) is 0 Å². The highest BCUT2D eigenvalue weighted by Gasteiger charge is 2.15. The van der Waals surface area contributed by atoms with Gasteiger partial charge in [0.05, 0.1) is 13.7 Å². The number of carbonyl (C=O) groups excluding carboxylic acids is 1. The molecule has 0 aliphatic carbocycles. The number of aliphatic hydroxyl groups is 2. The highest BCUT2D eigenvalue weighted by atomic mass is 32.1. The molecule has 2 N–H and O–H groups in total. The molecular weight excluding hydrogens is 194 g/mol. The average molecular weight is 203 g/mol. The lowest BCUT2D eigenvalue weighted by Gasteiger charge is -2.00. The number of thiazole rings is 1. The number of carbonyl (C=O) groups is 1. The highest BCUT2D eigenvalue weighted by Crippen LogP contribution is 2.17. The van der Waals surface area contributed by atoms with Crippen molar-refractivity contribution in [1.82, 2.24) is 4.98 Å². The summed E-state index contributed by atoms with van der Waals surface area (Å²) in [6.07, 6.45) is -1.02. The van der Waals surface area contributed by atoms with Gasteiger partial charge < -0.3 is 14.9 Å². The Balaban J connectivity index is 2.80. The minimum absolute atomic E-state index is 0.148. The van der Waals surface area contributed by atoms with Crippen molar-refractivity contribution in [1.29, 1.82) is 0 Å². The number of nitrogens with zero attached hydrogens (tertiary/aromatic N) is 1. The molecule has 1 atom stereocenters. The molecule has 0 fully saturated rings. The first-order valence-electron chi connectivity index (χ1n) is 3.51. The quantitative estimate of drug-likeness (QED) is 0.673. The first-order valence-corrected chi connectivity index (χ1v) is 4.39. The third kappa shape index (κ3) is 2.24. The van der Waals surface area contributed by atoms with Crippen molar-refractivity contribution >= 4 is 17.3 Å². The van der Waals surface area contributed by atoms with Gasteiger partial charge in [-0.15, -0.1) is 11.3 Å². The van der Waals surface area contributed by atoms with Crippen LogP contribution in [0.1, 0.15) is 21.6 Å². The summed E-state index contributed by atoms with van der Waals surface area (Å²) in [4.78, 5) is 14.7. The second kappa shape index (κ2) is 4.31. The summed E-state index contributed by atoms with van der Waals surface area (Å²) in [6, 6.07) is 0. The third-order valence-electron chi connectivity index (χ3n) is 1.37. The van der Waals surface area contributed by atoms with Crippen LogP contribution in [0.15, 0.2) is 5.38 Å². The van der Waals surface area contributed by atoms with Gasteiger partial charge in [-0.05, 0) is 0 Å². The maximum absolute atomic E-state index is 10.9. The van der Waals surface area contributed by atoms with Crippen molar-refractivity contribution in [3.63, 3.8) is 0 Å². The molecule has 0 spiro atoms. The highest BCUT2D eigenvalue weighted by molar-refractivity contribution is 7.09. The van der Waals surface area contributed by atoms with E-state index < -0.39 is 18.7 Å². The molecule has 0 unspecified atom stereocenters. The summed E-state index contributed by atoms with van der Waals surface area (Å²) < 4.78 is 4.42. The van der Waals surface area contributed by atoms with Gasteiger partial charge in [0.2, 0.25) is 0 Å². The largest absolute Gasteiger partial charge is 0.464 e. The van der Waals surface area contributed by atoms with Gasteiger partial charge in [-0.3, -0.25) is 0 Å². The van der Waals surface area contributed by atoms with Gasteiger partial charge >= 0.3 is 5.97 Å². The zero-order valence-corrected chi connectivity index (χ0v) is 7.74. The van der Waals surface area contributed by atoms with E-state index in [0.717, 1.165) is 11.3 Å². The molecule has 0 saturated carbocycles. The number of hydrogen-bond donors (Lipinski definition) is 2. The fourth-order valence-corrected chi connectivity index (χ4v) is 1.48. The Morgan fingerprint density at radius 1 is 1.85 bits per heavy atom. The molecule has 1 rings (SSSR count). The van der Waals surface area contributed by atoms with E-state index in [1.165, 1.54) is 12.5 Å². The molecule has 13 heavy (non-hydrogen) atoms.